The van der Waals surface area contributed by atoms with E-state index in [9.17, 15) is 9.59 Å². The van der Waals surface area contributed by atoms with E-state index in [1.165, 1.54) is 0 Å². The first-order valence-corrected chi connectivity index (χ1v) is 10.2. The molecule has 0 saturated heterocycles. The summed E-state index contributed by atoms with van der Waals surface area (Å²) in [5, 5.41) is 0. The molecule has 0 amide bonds. The number of rotatable bonds is 5. The second-order valence-corrected chi connectivity index (χ2v) is 7.74. The van der Waals surface area contributed by atoms with Crippen LogP contribution < -0.4 is 0 Å². The lowest BCUT2D eigenvalue weighted by molar-refractivity contribution is 0.0319. The number of aryl methyl sites for hydroxylation is 3. The summed E-state index contributed by atoms with van der Waals surface area (Å²) in [6.07, 6.45) is -0.881. The zero-order valence-corrected chi connectivity index (χ0v) is 18.0. The third-order valence-electron chi connectivity index (χ3n) is 5.52. The third-order valence-corrected chi connectivity index (χ3v) is 5.52. The number of benzene rings is 3. The van der Waals surface area contributed by atoms with Gasteiger partial charge in [-0.2, -0.15) is 0 Å². The van der Waals surface area contributed by atoms with Crippen LogP contribution in [0.15, 0.2) is 66.7 Å². The van der Waals surface area contributed by atoms with Crippen LogP contribution in [-0.2, 0) is 4.74 Å². The first kappa shape index (κ1) is 20.5. The van der Waals surface area contributed by atoms with Gasteiger partial charge in [-0.1, -0.05) is 30.3 Å². The molecule has 0 aliphatic carbocycles. The number of esters is 1. The Morgan fingerprint density at radius 3 is 2.29 bits per heavy atom. The van der Waals surface area contributed by atoms with E-state index in [1.807, 2.05) is 73.9 Å². The van der Waals surface area contributed by atoms with Crippen molar-refractivity contribution in [2.75, 3.05) is 0 Å². The quantitative estimate of drug-likeness (QED) is 0.326. The van der Waals surface area contributed by atoms with Gasteiger partial charge in [0.05, 0.1) is 16.6 Å². The van der Waals surface area contributed by atoms with E-state index in [2.05, 4.69) is 4.98 Å². The zero-order chi connectivity index (χ0) is 22.1. The summed E-state index contributed by atoms with van der Waals surface area (Å²) in [6.45, 7) is 7.47. The van der Waals surface area contributed by atoms with Gasteiger partial charge < -0.3 is 4.74 Å². The van der Waals surface area contributed by atoms with Crippen molar-refractivity contribution >= 4 is 22.8 Å². The number of Topliss-reactive ketones (excluding diaryl/α,β-unsaturated/α-hetero) is 1. The molecule has 0 spiro atoms. The van der Waals surface area contributed by atoms with Crippen LogP contribution in [-0.4, -0.2) is 27.4 Å². The van der Waals surface area contributed by atoms with Crippen LogP contribution in [0.1, 0.15) is 44.6 Å². The molecule has 1 atom stereocenters. The molecule has 1 heterocycles. The molecule has 0 fully saturated rings. The van der Waals surface area contributed by atoms with Gasteiger partial charge in [-0.05, 0) is 75.2 Å². The van der Waals surface area contributed by atoms with Gasteiger partial charge in [0.15, 0.2) is 6.10 Å². The first-order valence-electron chi connectivity index (χ1n) is 10.2. The molecule has 4 aromatic rings. The zero-order valence-electron chi connectivity index (χ0n) is 18.0. The van der Waals surface area contributed by atoms with Gasteiger partial charge in [0.1, 0.15) is 5.82 Å². The number of fused-ring (bicyclic) bond motifs is 1. The van der Waals surface area contributed by atoms with Crippen LogP contribution in [0.25, 0.3) is 16.7 Å². The maximum atomic E-state index is 12.7. The van der Waals surface area contributed by atoms with E-state index in [0.717, 1.165) is 28.2 Å². The second-order valence-electron chi connectivity index (χ2n) is 7.74. The summed E-state index contributed by atoms with van der Waals surface area (Å²) in [7, 11) is 0. The molecule has 0 aliphatic heterocycles. The molecule has 0 N–H and O–H groups in total. The maximum absolute atomic E-state index is 12.7. The number of carbonyl (C=O) groups excluding carboxylic acids is 2. The predicted molar refractivity (Wildman–Crippen MR) is 121 cm³/mol. The van der Waals surface area contributed by atoms with Crippen molar-refractivity contribution in [2.45, 2.75) is 33.8 Å². The van der Waals surface area contributed by atoms with E-state index >= 15 is 0 Å². The number of aromatic nitrogens is 2. The molecule has 0 unspecified atom stereocenters. The summed E-state index contributed by atoms with van der Waals surface area (Å²) < 4.78 is 7.51. The minimum Gasteiger partial charge on any atom is -0.451 e. The van der Waals surface area contributed by atoms with E-state index in [-0.39, 0.29) is 5.78 Å². The number of hydrogen-bond donors (Lipinski definition) is 0. The van der Waals surface area contributed by atoms with Crippen molar-refractivity contribution in [3.05, 3.63) is 94.8 Å². The molecule has 5 heteroatoms. The van der Waals surface area contributed by atoms with Crippen LogP contribution in [0.2, 0.25) is 0 Å². The van der Waals surface area contributed by atoms with Crippen molar-refractivity contribution < 1.29 is 14.3 Å². The van der Waals surface area contributed by atoms with E-state index in [1.54, 1.807) is 25.1 Å². The maximum Gasteiger partial charge on any atom is 0.338 e. The largest absolute Gasteiger partial charge is 0.451 e. The standard InChI is InChI=1S/C26H24N2O3/c1-16-10-11-20(14-17(16)2)25(29)18(3)31-26(30)21-12-13-24-23(15-21)27-19(4)28(24)22-8-6-5-7-9-22/h5-15,18H,1-4H3/t18-/m0/s1. The highest BCUT2D eigenvalue weighted by Gasteiger charge is 2.21. The summed E-state index contributed by atoms with van der Waals surface area (Å²) >= 11 is 0. The van der Waals surface area contributed by atoms with Crippen molar-refractivity contribution in [1.29, 1.82) is 0 Å². The smallest absolute Gasteiger partial charge is 0.338 e. The number of para-hydroxylation sites is 1. The number of hydrogen-bond acceptors (Lipinski definition) is 4. The Morgan fingerprint density at radius 1 is 0.871 bits per heavy atom. The molecular weight excluding hydrogens is 388 g/mol. The molecule has 156 valence electrons. The molecule has 0 aliphatic rings. The summed E-state index contributed by atoms with van der Waals surface area (Å²) in [5.41, 5.74) is 5.65. The monoisotopic (exact) mass is 412 g/mol. The van der Waals surface area contributed by atoms with Crippen LogP contribution in [0.3, 0.4) is 0 Å². The SMILES string of the molecule is Cc1ccc(C(=O)[C@H](C)OC(=O)c2ccc3c(c2)nc(C)n3-c2ccccc2)cc1C. The van der Waals surface area contributed by atoms with E-state index in [4.69, 9.17) is 4.74 Å². The van der Waals surface area contributed by atoms with Gasteiger partial charge >= 0.3 is 5.97 Å². The van der Waals surface area contributed by atoms with Gasteiger partial charge in [0, 0.05) is 11.3 Å². The van der Waals surface area contributed by atoms with Gasteiger partial charge in [0.25, 0.3) is 0 Å². The lowest BCUT2D eigenvalue weighted by atomic mass is 10.0. The fourth-order valence-electron chi connectivity index (χ4n) is 3.64. The van der Waals surface area contributed by atoms with Crippen molar-refractivity contribution in [3.63, 3.8) is 0 Å². The van der Waals surface area contributed by atoms with Crippen LogP contribution in [0.5, 0.6) is 0 Å². The number of ketones is 1. The average molecular weight is 412 g/mol. The van der Waals surface area contributed by atoms with E-state index < -0.39 is 12.1 Å². The number of ether oxygens (including phenoxy) is 1. The van der Waals surface area contributed by atoms with Crippen LogP contribution in [0.4, 0.5) is 0 Å². The highest BCUT2D eigenvalue weighted by atomic mass is 16.5. The Labute approximate surface area is 181 Å². The Kier molecular flexibility index (Phi) is 5.42. The summed E-state index contributed by atoms with van der Waals surface area (Å²) in [6, 6.07) is 20.7. The molecular formula is C26H24N2O3. The summed E-state index contributed by atoms with van der Waals surface area (Å²) in [5.74, 6) is 0.0604. The van der Waals surface area contributed by atoms with Crippen molar-refractivity contribution in [2.24, 2.45) is 0 Å². The Bertz CT molecular complexity index is 1290. The molecule has 31 heavy (non-hydrogen) atoms. The van der Waals surface area contributed by atoms with Gasteiger partial charge in [-0.15, -0.1) is 0 Å². The topological polar surface area (TPSA) is 61.2 Å². The Morgan fingerprint density at radius 2 is 1.58 bits per heavy atom. The Hall–Kier alpha value is -3.73. The predicted octanol–water partition coefficient (Wildman–Crippen LogP) is 5.38. The second kappa shape index (κ2) is 8.19. The minimum atomic E-state index is -0.881. The molecule has 0 bridgehead atoms. The third kappa shape index (κ3) is 3.99. The van der Waals surface area contributed by atoms with Crippen LogP contribution >= 0.6 is 0 Å². The minimum absolute atomic E-state index is 0.221. The molecule has 1 aromatic heterocycles. The number of carbonyl (C=O) groups is 2. The summed E-state index contributed by atoms with van der Waals surface area (Å²) in [4.78, 5) is 30.0. The molecule has 0 saturated carbocycles. The van der Waals surface area contributed by atoms with Gasteiger partial charge in [0.2, 0.25) is 5.78 Å². The fourth-order valence-corrected chi connectivity index (χ4v) is 3.64. The number of imidazole rings is 1. The highest BCUT2D eigenvalue weighted by Crippen LogP contribution is 2.23. The van der Waals surface area contributed by atoms with Crippen LogP contribution in [0, 0.1) is 20.8 Å². The molecule has 4 rings (SSSR count). The highest BCUT2D eigenvalue weighted by molar-refractivity contribution is 6.02. The molecule has 3 aromatic carbocycles. The fraction of sp³-hybridized carbons (Fsp3) is 0.192. The average Bonchev–Trinajstić information content (AvgIpc) is 3.10. The van der Waals surface area contributed by atoms with Crippen molar-refractivity contribution in [1.82, 2.24) is 9.55 Å². The van der Waals surface area contributed by atoms with Crippen molar-refractivity contribution in [3.8, 4) is 5.69 Å². The van der Waals surface area contributed by atoms with E-state index in [0.29, 0.717) is 16.6 Å². The lowest BCUT2D eigenvalue weighted by Gasteiger charge is -2.13. The Balaban J connectivity index is 1.56. The normalized spacial score (nSPS) is 12.0. The number of nitrogens with zero attached hydrogens (tertiary/aromatic N) is 2. The molecule has 0 radical (unpaired) electrons. The van der Waals surface area contributed by atoms with Gasteiger partial charge in [-0.3, -0.25) is 9.36 Å². The van der Waals surface area contributed by atoms with Gasteiger partial charge in [-0.25, -0.2) is 9.78 Å². The lowest BCUT2D eigenvalue weighted by Crippen LogP contribution is -2.24. The molecule has 5 nitrogen and oxygen atoms in total. The first-order chi connectivity index (χ1) is 14.8.